The molecule has 0 saturated heterocycles. The molecule has 6 nitrogen and oxygen atoms in total. The van der Waals surface area contributed by atoms with Gasteiger partial charge in [0, 0.05) is 6.08 Å². The molecule has 0 radical (unpaired) electrons. The molecule has 1 aliphatic carbocycles. The van der Waals surface area contributed by atoms with Gasteiger partial charge in [0.2, 0.25) is 0 Å². The summed E-state index contributed by atoms with van der Waals surface area (Å²) in [5, 5.41) is 11.7. The van der Waals surface area contributed by atoms with Crippen LogP contribution in [0, 0.1) is 17.2 Å². The zero-order chi connectivity index (χ0) is 16.2. The van der Waals surface area contributed by atoms with E-state index in [2.05, 4.69) is 27.3 Å². The summed E-state index contributed by atoms with van der Waals surface area (Å²) >= 11 is 3.14. The van der Waals surface area contributed by atoms with Crippen LogP contribution in [0.1, 0.15) is 25.5 Å². The van der Waals surface area contributed by atoms with Crippen LogP contribution in [-0.2, 0) is 14.3 Å². The molecule has 1 amide bonds. The van der Waals surface area contributed by atoms with E-state index in [0.29, 0.717) is 10.4 Å². The molecule has 1 heterocycles. The van der Waals surface area contributed by atoms with Crippen molar-refractivity contribution < 1.29 is 18.7 Å². The molecule has 0 unspecified atom stereocenters. The summed E-state index contributed by atoms with van der Waals surface area (Å²) in [5.41, 5.74) is -0.889. The molecule has 0 aromatic carbocycles. The maximum atomic E-state index is 11.7. The van der Waals surface area contributed by atoms with Crippen LogP contribution in [0.4, 0.5) is 0 Å². The van der Waals surface area contributed by atoms with E-state index in [1.165, 1.54) is 12.2 Å². The van der Waals surface area contributed by atoms with E-state index >= 15 is 0 Å². The summed E-state index contributed by atoms with van der Waals surface area (Å²) in [7, 11) is 0. The highest BCUT2D eigenvalue weighted by atomic mass is 79.9. The number of nitriles is 1. The zero-order valence-corrected chi connectivity index (χ0v) is 13.6. The number of nitrogens with one attached hydrogen (secondary N) is 1. The van der Waals surface area contributed by atoms with E-state index in [1.54, 1.807) is 19.1 Å². The van der Waals surface area contributed by atoms with E-state index in [4.69, 9.17) is 14.4 Å². The summed E-state index contributed by atoms with van der Waals surface area (Å²) in [6, 6.07) is 5.47. The first-order chi connectivity index (χ1) is 10.4. The molecular formula is C15H15BrN2O4. The molecule has 0 spiro atoms. The van der Waals surface area contributed by atoms with Crippen molar-refractivity contribution in [1.82, 2.24) is 5.32 Å². The third-order valence-corrected chi connectivity index (χ3v) is 3.77. The third-order valence-electron chi connectivity index (χ3n) is 3.35. The van der Waals surface area contributed by atoms with Gasteiger partial charge in [0.25, 0.3) is 5.91 Å². The van der Waals surface area contributed by atoms with Crippen LogP contribution in [0.25, 0.3) is 6.08 Å². The summed E-state index contributed by atoms with van der Waals surface area (Å²) < 4.78 is 10.6. The Morgan fingerprint density at radius 3 is 2.86 bits per heavy atom. The highest BCUT2D eigenvalue weighted by molar-refractivity contribution is 9.10. The Morgan fingerprint density at radius 1 is 1.59 bits per heavy atom. The number of esters is 1. The Balaban J connectivity index is 1.77. The number of amides is 1. The molecule has 2 rings (SSSR count). The predicted molar refractivity (Wildman–Crippen MR) is 81.3 cm³/mol. The Labute approximate surface area is 136 Å². The smallest absolute Gasteiger partial charge is 0.331 e. The van der Waals surface area contributed by atoms with Crippen molar-refractivity contribution >= 4 is 33.9 Å². The molecule has 0 bridgehead atoms. The van der Waals surface area contributed by atoms with Gasteiger partial charge in [-0.25, -0.2) is 4.79 Å². The highest BCUT2D eigenvalue weighted by Crippen LogP contribution is 2.39. The largest absolute Gasteiger partial charge is 0.452 e. The van der Waals surface area contributed by atoms with Gasteiger partial charge in [-0.05, 0) is 59.8 Å². The van der Waals surface area contributed by atoms with E-state index in [1.807, 2.05) is 0 Å². The van der Waals surface area contributed by atoms with Crippen LogP contribution >= 0.6 is 15.9 Å². The number of carbonyl (C=O) groups excluding carboxylic acids is 2. The van der Waals surface area contributed by atoms with Crippen molar-refractivity contribution in [2.75, 3.05) is 6.61 Å². The molecule has 7 heteroatoms. The van der Waals surface area contributed by atoms with Gasteiger partial charge in [-0.1, -0.05) is 0 Å². The molecular weight excluding hydrogens is 352 g/mol. The first-order valence-electron chi connectivity index (χ1n) is 6.75. The zero-order valence-electron chi connectivity index (χ0n) is 12.0. The van der Waals surface area contributed by atoms with E-state index < -0.39 is 24.0 Å². The summed E-state index contributed by atoms with van der Waals surface area (Å²) in [5.74, 6) is -0.486. The molecule has 22 heavy (non-hydrogen) atoms. The maximum Gasteiger partial charge on any atom is 0.331 e. The summed E-state index contributed by atoms with van der Waals surface area (Å²) in [4.78, 5) is 23.2. The van der Waals surface area contributed by atoms with Crippen LogP contribution in [0.15, 0.2) is 27.3 Å². The van der Waals surface area contributed by atoms with Gasteiger partial charge in [0.15, 0.2) is 11.3 Å². The number of hydrogen-bond acceptors (Lipinski definition) is 5. The van der Waals surface area contributed by atoms with Crippen molar-refractivity contribution in [3.63, 3.8) is 0 Å². The quantitative estimate of drug-likeness (QED) is 0.616. The van der Waals surface area contributed by atoms with Crippen LogP contribution < -0.4 is 5.32 Å². The summed E-state index contributed by atoms with van der Waals surface area (Å²) in [6.45, 7) is 1.26. The lowest BCUT2D eigenvalue weighted by Gasteiger charge is -2.22. The van der Waals surface area contributed by atoms with Gasteiger partial charge in [-0.3, -0.25) is 4.79 Å². The standard InChI is InChI=1S/C15H15BrN2O4/c1-15(9-17,10-2-3-10)18-13(19)8-21-14(20)7-5-11-4-6-12(16)22-11/h4-7,10H,2-3,8H2,1H3,(H,18,19)/b7-5+/t15-/m1/s1. The number of ether oxygens (including phenoxy) is 1. The number of furan rings is 1. The third kappa shape index (κ3) is 4.46. The lowest BCUT2D eigenvalue weighted by molar-refractivity contribution is -0.144. The number of nitrogens with zero attached hydrogens (tertiary/aromatic N) is 1. The molecule has 1 fully saturated rings. The molecule has 1 N–H and O–H groups in total. The summed E-state index contributed by atoms with van der Waals surface area (Å²) in [6.07, 6.45) is 4.45. The van der Waals surface area contributed by atoms with Crippen molar-refractivity contribution in [1.29, 1.82) is 5.26 Å². The minimum atomic E-state index is -0.889. The van der Waals surface area contributed by atoms with E-state index in [-0.39, 0.29) is 5.92 Å². The molecule has 1 aromatic heterocycles. The van der Waals surface area contributed by atoms with Crippen LogP contribution in [0.2, 0.25) is 0 Å². The Bertz CT molecular complexity index is 642. The maximum absolute atomic E-state index is 11.7. The van der Waals surface area contributed by atoms with Crippen LogP contribution in [0.3, 0.4) is 0 Å². The minimum Gasteiger partial charge on any atom is -0.452 e. The molecule has 1 saturated carbocycles. The first-order valence-corrected chi connectivity index (χ1v) is 7.54. The van der Waals surface area contributed by atoms with Gasteiger partial charge in [0.1, 0.15) is 11.3 Å². The fraction of sp³-hybridized carbons (Fsp3) is 0.400. The molecule has 0 aliphatic heterocycles. The first kappa shape index (κ1) is 16.3. The van der Waals surface area contributed by atoms with Gasteiger partial charge < -0.3 is 14.5 Å². The molecule has 1 atom stereocenters. The Hall–Kier alpha value is -2.07. The van der Waals surface area contributed by atoms with Crippen molar-refractivity contribution in [2.45, 2.75) is 25.3 Å². The van der Waals surface area contributed by atoms with Gasteiger partial charge in [-0.15, -0.1) is 0 Å². The van der Waals surface area contributed by atoms with Gasteiger partial charge in [0.05, 0.1) is 6.07 Å². The van der Waals surface area contributed by atoms with E-state index in [9.17, 15) is 9.59 Å². The second-order valence-corrected chi connectivity index (χ2v) is 6.00. The Morgan fingerprint density at radius 2 is 2.32 bits per heavy atom. The second kappa shape index (κ2) is 6.79. The van der Waals surface area contributed by atoms with Crippen molar-refractivity contribution in [3.05, 3.63) is 28.6 Å². The molecule has 116 valence electrons. The second-order valence-electron chi connectivity index (χ2n) is 5.22. The average molecular weight is 367 g/mol. The average Bonchev–Trinajstić information content (AvgIpc) is 3.26. The number of rotatable bonds is 6. The normalized spacial score (nSPS) is 16.8. The monoisotopic (exact) mass is 366 g/mol. The number of halogens is 1. The van der Waals surface area contributed by atoms with Crippen molar-refractivity contribution in [3.8, 4) is 6.07 Å². The fourth-order valence-electron chi connectivity index (χ4n) is 1.96. The number of hydrogen-bond donors (Lipinski definition) is 1. The minimum absolute atomic E-state index is 0.175. The fourth-order valence-corrected chi connectivity index (χ4v) is 2.28. The SMILES string of the molecule is C[C@](C#N)(NC(=O)COC(=O)/C=C/c1ccc(Br)o1)C1CC1. The number of carbonyl (C=O) groups is 2. The van der Waals surface area contributed by atoms with Crippen LogP contribution in [-0.4, -0.2) is 24.0 Å². The van der Waals surface area contributed by atoms with Gasteiger partial charge in [-0.2, -0.15) is 5.26 Å². The van der Waals surface area contributed by atoms with Crippen LogP contribution in [0.5, 0.6) is 0 Å². The van der Waals surface area contributed by atoms with Gasteiger partial charge >= 0.3 is 5.97 Å². The lowest BCUT2D eigenvalue weighted by atomic mass is 9.98. The predicted octanol–water partition coefficient (Wildman–Crippen LogP) is 2.41. The molecule has 1 aliphatic rings. The lowest BCUT2D eigenvalue weighted by Crippen LogP contribution is -2.48. The Kier molecular flexibility index (Phi) is 5.03. The van der Waals surface area contributed by atoms with Crippen molar-refractivity contribution in [2.24, 2.45) is 5.92 Å². The van der Waals surface area contributed by atoms with E-state index in [0.717, 1.165) is 12.8 Å². The topological polar surface area (TPSA) is 92.3 Å². The highest BCUT2D eigenvalue weighted by Gasteiger charge is 2.43. The molecule has 1 aromatic rings.